The highest BCUT2D eigenvalue weighted by Gasteiger charge is 2.19. The lowest BCUT2D eigenvalue weighted by Gasteiger charge is -2.32. The Hall–Kier alpha value is -1.42. The number of thiophene rings is 1. The van der Waals surface area contributed by atoms with Gasteiger partial charge in [0.25, 0.3) is 10.0 Å². The van der Waals surface area contributed by atoms with Crippen molar-refractivity contribution in [3.05, 3.63) is 28.6 Å². The van der Waals surface area contributed by atoms with Gasteiger partial charge in [0.15, 0.2) is 11.6 Å². The molecular weight excluding hydrogens is 358 g/mol. The molecule has 0 aromatic carbocycles. The van der Waals surface area contributed by atoms with Crippen molar-refractivity contribution in [3.8, 4) is 0 Å². The lowest BCUT2D eigenvalue weighted by Crippen LogP contribution is -2.44. The molecule has 0 amide bonds. The summed E-state index contributed by atoms with van der Waals surface area (Å²) >= 11 is 6.77. The van der Waals surface area contributed by atoms with E-state index < -0.39 is 10.0 Å². The fraction of sp³-hybridized carbons (Fsp3) is 0.385. The van der Waals surface area contributed by atoms with Crippen molar-refractivity contribution in [2.45, 2.75) is 4.21 Å². The molecule has 0 unspecified atom stereocenters. The molecule has 10 heteroatoms. The number of halogens is 1. The van der Waals surface area contributed by atoms with E-state index in [1.165, 1.54) is 6.07 Å². The molecule has 1 aliphatic rings. The van der Waals surface area contributed by atoms with Gasteiger partial charge in [-0.3, -0.25) is 4.72 Å². The van der Waals surface area contributed by atoms with E-state index >= 15 is 0 Å². The molecule has 2 aromatic heterocycles. The first-order chi connectivity index (χ1) is 10.9. The van der Waals surface area contributed by atoms with E-state index in [-0.39, 0.29) is 10.0 Å². The minimum atomic E-state index is -3.68. The molecule has 3 heterocycles. The van der Waals surface area contributed by atoms with Crippen LogP contribution >= 0.6 is 22.9 Å². The van der Waals surface area contributed by atoms with Gasteiger partial charge in [0.1, 0.15) is 4.21 Å². The quantitative estimate of drug-likeness (QED) is 0.879. The average molecular weight is 374 g/mol. The highest BCUT2D eigenvalue weighted by molar-refractivity contribution is 7.94. The molecule has 0 bridgehead atoms. The SMILES string of the molecule is CN1CCN(c2ccc(NS(=O)(=O)c3ccc(Cl)s3)nn2)CC1. The largest absolute Gasteiger partial charge is 0.353 e. The lowest BCUT2D eigenvalue weighted by atomic mass is 10.3. The van der Waals surface area contributed by atoms with E-state index in [1.54, 1.807) is 18.2 Å². The van der Waals surface area contributed by atoms with Crippen LogP contribution in [0.4, 0.5) is 11.6 Å². The fourth-order valence-electron chi connectivity index (χ4n) is 2.21. The molecule has 7 nitrogen and oxygen atoms in total. The summed E-state index contributed by atoms with van der Waals surface area (Å²) in [6.45, 7) is 3.69. The van der Waals surface area contributed by atoms with Crippen LogP contribution < -0.4 is 9.62 Å². The van der Waals surface area contributed by atoms with Crippen LogP contribution in [0.3, 0.4) is 0 Å². The molecule has 23 heavy (non-hydrogen) atoms. The molecule has 2 aromatic rings. The predicted octanol–water partition coefficient (Wildman–Crippen LogP) is 1.74. The van der Waals surface area contributed by atoms with Gasteiger partial charge in [-0.15, -0.1) is 21.5 Å². The van der Waals surface area contributed by atoms with E-state index in [9.17, 15) is 8.42 Å². The number of hydrogen-bond acceptors (Lipinski definition) is 7. The summed E-state index contributed by atoms with van der Waals surface area (Å²) in [7, 11) is -1.60. The Morgan fingerprint density at radius 2 is 1.87 bits per heavy atom. The second-order valence-corrected chi connectivity index (χ2v) is 8.86. The number of nitrogens with one attached hydrogen (secondary N) is 1. The molecule has 124 valence electrons. The Labute approximate surface area is 143 Å². The smallest absolute Gasteiger partial charge is 0.272 e. The Bertz CT molecular complexity index is 770. The van der Waals surface area contributed by atoms with E-state index in [0.29, 0.717) is 4.34 Å². The topological polar surface area (TPSA) is 78.4 Å². The number of sulfonamides is 1. The van der Waals surface area contributed by atoms with Gasteiger partial charge in [-0.2, -0.15) is 0 Å². The molecule has 1 N–H and O–H groups in total. The maximum atomic E-state index is 12.2. The first kappa shape index (κ1) is 16.4. The molecule has 0 saturated carbocycles. The van der Waals surface area contributed by atoms with E-state index in [2.05, 4.69) is 31.8 Å². The zero-order chi connectivity index (χ0) is 16.4. The lowest BCUT2D eigenvalue weighted by molar-refractivity contribution is 0.312. The van der Waals surface area contributed by atoms with Crippen LogP contribution in [0.5, 0.6) is 0 Å². The van der Waals surface area contributed by atoms with Crippen molar-refractivity contribution in [2.24, 2.45) is 0 Å². The molecule has 0 aliphatic carbocycles. The number of piperazine rings is 1. The summed E-state index contributed by atoms with van der Waals surface area (Å²) < 4.78 is 27.4. The van der Waals surface area contributed by atoms with E-state index in [0.717, 1.165) is 43.3 Å². The third-order valence-corrected chi connectivity index (χ3v) is 6.61. The summed E-state index contributed by atoms with van der Waals surface area (Å²) in [5.74, 6) is 0.938. The number of aromatic nitrogens is 2. The van der Waals surface area contributed by atoms with Gasteiger partial charge >= 0.3 is 0 Å². The van der Waals surface area contributed by atoms with Crippen LogP contribution in [0.15, 0.2) is 28.5 Å². The standard InChI is InChI=1S/C13H16ClN5O2S2/c1-18-6-8-19(9-7-18)12-4-3-11(15-16-12)17-23(20,21)13-5-2-10(14)22-13/h2-5H,6-9H2,1H3,(H,15,17). The molecule has 1 saturated heterocycles. The molecule has 1 fully saturated rings. The second kappa shape index (κ2) is 6.60. The summed E-state index contributed by atoms with van der Waals surface area (Å²) in [6, 6.07) is 6.40. The molecular formula is C13H16ClN5O2S2. The zero-order valence-electron chi connectivity index (χ0n) is 12.4. The minimum absolute atomic E-state index is 0.146. The Morgan fingerprint density at radius 3 is 2.43 bits per heavy atom. The molecule has 1 aliphatic heterocycles. The Kier molecular flexibility index (Phi) is 4.72. The first-order valence-corrected chi connectivity index (χ1v) is 9.67. The van der Waals surface area contributed by atoms with Crippen LogP contribution in [-0.2, 0) is 10.0 Å². The molecule has 0 atom stereocenters. The Balaban J connectivity index is 1.70. The van der Waals surface area contributed by atoms with Crippen molar-refractivity contribution in [3.63, 3.8) is 0 Å². The zero-order valence-corrected chi connectivity index (χ0v) is 14.8. The summed E-state index contributed by atoms with van der Waals surface area (Å²) in [5, 5.41) is 8.08. The van der Waals surface area contributed by atoms with E-state index in [4.69, 9.17) is 11.6 Å². The molecule has 0 spiro atoms. The predicted molar refractivity (Wildman–Crippen MR) is 91.9 cm³/mol. The summed E-state index contributed by atoms with van der Waals surface area (Å²) in [5.41, 5.74) is 0. The number of rotatable bonds is 4. The highest BCUT2D eigenvalue weighted by Crippen LogP contribution is 2.27. The highest BCUT2D eigenvalue weighted by atomic mass is 35.5. The third kappa shape index (κ3) is 3.92. The Morgan fingerprint density at radius 1 is 1.13 bits per heavy atom. The number of hydrogen-bond donors (Lipinski definition) is 1. The normalized spacial score (nSPS) is 16.5. The first-order valence-electron chi connectivity index (χ1n) is 6.99. The summed E-state index contributed by atoms with van der Waals surface area (Å²) in [4.78, 5) is 4.38. The molecule has 0 radical (unpaired) electrons. The van der Waals surface area contributed by atoms with Crippen LogP contribution in [-0.4, -0.2) is 56.7 Å². The number of anilines is 2. The van der Waals surface area contributed by atoms with Gasteiger partial charge in [0.05, 0.1) is 4.34 Å². The van der Waals surface area contributed by atoms with Crippen molar-refractivity contribution in [1.82, 2.24) is 15.1 Å². The van der Waals surface area contributed by atoms with Crippen molar-refractivity contribution >= 4 is 44.6 Å². The third-order valence-electron chi connectivity index (χ3n) is 3.53. The van der Waals surface area contributed by atoms with Gasteiger partial charge in [-0.25, -0.2) is 8.42 Å². The van der Waals surface area contributed by atoms with Gasteiger partial charge in [0.2, 0.25) is 0 Å². The van der Waals surface area contributed by atoms with Gasteiger partial charge < -0.3 is 9.80 Å². The van der Waals surface area contributed by atoms with Gasteiger partial charge in [-0.05, 0) is 31.3 Å². The fourth-order valence-corrected chi connectivity index (χ4v) is 4.69. The van der Waals surface area contributed by atoms with Crippen LogP contribution in [0, 0.1) is 0 Å². The number of likely N-dealkylation sites (N-methyl/N-ethyl adjacent to an activating group) is 1. The van der Waals surface area contributed by atoms with Crippen molar-refractivity contribution < 1.29 is 8.42 Å². The molecule has 3 rings (SSSR count). The van der Waals surface area contributed by atoms with Gasteiger partial charge in [-0.1, -0.05) is 11.6 Å². The monoisotopic (exact) mass is 373 g/mol. The van der Waals surface area contributed by atoms with Gasteiger partial charge in [0, 0.05) is 26.2 Å². The van der Waals surface area contributed by atoms with Crippen LogP contribution in [0.25, 0.3) is 0 Å². The van der Waals surface area contributed by atoms with Crippen LogP contribution in [0.1, 0.15) is 0 Å². The van der Waals surface area contributed by atoms with Crippen LogP contribution in [0.2, 0.25) is 4.34 Å². The van der Waals surface area contributed by atoms with E-state index in [1.807, 2.05) is 0 Å². The second-order valence-electron chi connectivity index (χ2n) is 5.23. The minimum Gasteiger partial charge on any atom is -0.353 e. The maximum Gasteiger partial charge on any atom is 0.272 e. The summed E-state index contributed by atoms with van der Waals surface area (Å²) in [6.07, 6.45) is 0. The van der Waals surface area contributed by atoms with Crippen molar-refractivity contribution in [2.75, 3.05) is 42.8 Å². The number of nitrogens with zero attached hydrogens (tertiary/aromatic N) is 4. The van der Waals surface area contributed by atoms with Crippen molar-refractivity contribution in [1.29, 1.82) is 0 Å². The maximum absolute atomic E-state index is 12.2. The average Bonchev–Trinajstić information content (AvgIpc) is 2.96.